The first-order valence-corrected chi connectivity index (χ1v) is 45.2. The number of rotatable bonds is 43. The number of ketones is 5. The molecule has 0 saturated heterocycles. The molecule has 0 spiro atoms. The minimum atomic E-state index is -1.95. The normalized spacial score (nSPS) is 20.8. The number of ether oxygens (including phenoxy) is 10. The monoisotopic (exact) mass is 1850 g/mol. The maximum absolute atomic E-state index is 14.8. The van der Waals surface area contributed by atoms with Crippen LogP contribution in [-0.4, -0.2) is 306 Å². The molecule has 12 atom stereocenters. The number of nitrogens with two attached hydrogens (primary N) is 1. The van der Waals surface area contributed by atoms with Crippen molar-refractivity contribution >= 4 is 117 Å². The van der Waals surface area contributed by atoms with Crippen LogP contribution in [0, 0.1) is 35.5 Å². The number of fused-ring (bicyclic) bond motifs is 1. The van der Waals surface area contributed by atoms with E-state index in [-0.39, 0.29) is 150 Å². The number of carbonyl (C=O) groups is 17. The Bertz CT molecular complexity index is 4170. The molecule has 0 saturated carbocycles. The van der Waals surface area contributed by atoms with Crippen LogP contribution in [-0.2, 0) is 131 Å². The Morgan fingerprint density at radius 2 is 1.11 bits per heavy atom. The van der Waals surface area contributed by atoms with Crippen molar-refractivity contribution in [3.63, 3.8) is 0 Å². The number of anilines is 1. The summed E-state index contributed by atoms with van der Waals surface area (Å²) in [7, 11) is 5.28. The van der Waals surface area contributed by atoms with Gasteiger partial charge in [-0.3, -0.25) is 96.2 Å². The van der Waals surface area contributed by atoms with Gasteiger partial charge in [-0.1, -0.05) is 61.0 Å². The van der Waals surface area contributed by atoms with Crippen LogP contribution in [0.2, 0.25) is 0 Å². The number of likely N-dealkylation sites (N-methyl/N-ethyl adjacent to an activating group) is 1. The minimum Gasteiger partial charge on any atom is -0.455 e. The lowest BCUT2D eigenvalue weighted by atomic mass is 9.81. The number of nitrogens with one attached hydrogen (secondary N) is 5. The van der Waals surface area contributed by atoms with Gasteiger partial charge in [-0.15, -0.1) is 11.3 Å². The lowest BCUT2D eigenvalue weighted by molar-refractivity contribution is -0.156. The summed E-state index contributed by atoms with van der Waals surface area (Å²) in [6.07, 6.45) is 0.457. The first kappa shape index (κ1) is 111. The molecule has 5 rings (SSSR count). The zero-order valence-corrected chi connectivity index (χ0v) is 78.5. The number of hydrogen-bond acceptors (Lipinski definition) is 32. The molecule has 1 aromatic heterocycles. The van der Waals surface area contributed by atoms with Gasteiger partial charge in [0.25, 0.3) is 29.5 Å². The molecule has 2 aromatic rings. The average Bonchev–Trinajstić information content (AvgIpc) is 1.59. The first-order valence-electron chi connectivity index (χ1n) is 44.3. The van der Waals surface area contributed by atoms with E-state index >= 15 is 0 Å². The molecule has 0 aliphatic carbocycles. The number of amides is 10. The van der Waals surface area contributed by atoms with Crippen LogP contribution in [0.5, 0.6) is 5.75 Å². The molecule has 7 N–H and O–H groups in total. The van der Waals surface area contributed by atoms with E-state index in [1.807, 2.05) is 46.4 Å². The molecule has 0 fully saturated rings. The van der Waals surface area contributed by atoms with E-state index < -0.39 is 185 Å². The first-order chi connectivity index (χ1) is 61.7. The Hall–Kier alpha value is -9.72. The Labute approximate surface area is 764 Å². The Morgan fingerprint density at radius 3 is 1.57 bits per heavy atom. The van der Waals surface area contributed by atoms with Crippen LogP contribution in [0.4, 0.5) is 5.69 Å². The second-order valence-corrected chi connectivity index (χ2v) is 34.5. The van der Waals surface area contributed by atoms with Crippen LogP contribution >= 0.6 is 11.3 Å². The Kier molecular flexibility index (Phi) is 49.1. The van der Waals surface area contributed by atoms with E-state index in [0.29, 0.717) is 87.9 Å². The third-order valence-electron chi connectivity index (χ3n) is 22.6. The van der Waals surface area contributed by atoms with Crippen molar-refractivity contribution in [2.45, 2.75) is 214 Å². The maximum atomic E-state index is 14.8. The summed E-state index contributed by atoms with van der Waals surface area (Å²) in [6.45, 7) is 23.3. The number of Topliss-reactive ketones (excluding diaryl/α,β-unsaturated/α-hetero) is 5. The summed E-state index contributed by atoms with van der Waals surface area (Å²) in [6, 6.07) is -3.33. The molecule has 0 radical (unpaired) electrons. The number of aromatic nitrogens is 1. The van der Waals surface area contributed by atoms with Gasteiger partial charge in [-0.2, -0.15) is 0 Å². The zero-order chi connectivity index (χ0) is 96.3. The number of hydrogen-bond donors (Lipinski definition) is 6. The van der Waals surface area contributed by atoms with Gasteiger partial charge in [-0.05, 0) is 97.0 Å². The zero-order valence-electron chi connectivity index (χ0n) is 77.7. The molecule has 130 heavy (non-hydrogen) atoms. The van der Waals surface area contributed by atoms with E-state index in [0.717, 1.165) is 35.6 Å². The average molecular weight is 1850 g/mol. The number of esters is 2. The predicted molar refractivity (Wildman–Crippen MR) is 472 cm³/mol. The highest BCUT2D eigenvalue weighted by molar-refractivity contribution is 7.09. The Morgan fingerprint density at radius 1 is 0.631 bits per heavy atom. The van der Waals surface area contributed by atoms with Crippen molar-refractivity contribution in [3.8, 4) is 5.75 Å². The number of nitrogens with zero attached hydrogens (tertiary/aromatic N) is 5. The van der Waals surface area contributed by atoms with Crippen molar-refractivity contribution in [1.29, 1.82) is 0 Å². The largest absolute Gasteiger partial charge is 0.455 e. The maximum Gasteiger partial charge on any atom is 0.314 e. The number of carbonyl (C=O) groups excluding carboxylic acids is 17. The van der Waals surface area contributed by atoms with Crippen LogP contribution in [0.3, 0.4) is 0 Å². The van der Waals surface area contributed by atoms with E-state index in [9.17, 15) is 81.5 Å². The molecule has 40 heteroatoms. The topological polar surface area (TPSA) is 504 Å². The van der Waals surface area contributed by atoms with Crippen molar-refractivity contribution in [2.75, 3.05) is 145 Å². The van der Waals surface area contributed by atoms with Gasteiger partial charge >= 0.3 is 11.9 Å². The van der Waals surface area contributed by atoms with Crippen molar-refractivity contribution in [3.05, 3.63) is 64.1 Å². The van der Waals surface area contributed by atoms with Gasteiger partial charge in [0.1, 0.15) is 22.8 Å². The number of benzene rings is 1. The van der Waals surface area contributed by atoms with Crippen molar-refractivity contribution in [2.24, 2.45) is 41.4 Å². The fourth-order valence-corrected chi connectivity index (χ4v) is 14.9. The van der Waals surface area contributed by atoms with Gasteiger partial charge in [0.15, 0.2) is 40.8 Å². The van der Waals surface area contributed by atoms with Crippen LogP contribution < -0.4 is 37.2 Å². The summed E-state index contributed by atoms with van der Waals surface area (Å²) in [4.78, 5) is 248. The Balaban J connectivity index is 1.40. The van der Waals surface area contributed by atoms with E-state index in [4.69, 9.17) is 58.2 Å². The van der Waals surface area contributed by atoms with Gasteiger partial charge in [0.05, 0.1) is 128 Å². The summed E-state index contributed by atoms with van der Waals surface area (Å²) in [5.41, 5.74) is -0.663. The highest BCUT2D eigenvalue weighted by Crippen LogP contribution is 2.35. The van der Waals surface area contributed by atoms with Gasteiger partial charge in [0, 0.05) is 145 Å². The molecule has 1 aromatic carbocycles. The standard InChI is InChI=1S/C90H135N11O28S/c1-16-56(4)65(52-75(107)90(11,12)98(13)14)88(117)99(15)68(55(2)3)53-74(128-62(10)102)87-97-67(54-130-87)86(116)95-64(47-57(5)84(114)92-29-34-121-35-36-122-37-38-123-39-40-124-41-42-125-43-44-126-45-46-127-91)50-63-21-22-73-66(51-63)96-85(115)58(6)48-71(105)60(8)93-76(108)27-32-119-30-17-19-69(103)82(100-78(110)23-24-79(100)111)83(101-80(112)25-26-81(101)113)70(104)20-18-31-120-33-28-77(109)94-61(9)72(106)49-59(7)89(118)129-73/h21-26,51,54-61,64-65,68,74,82-83H,16-20,27-50,52-53,91H2,1-15H3,(H,92,114)(H,93,108)(H,94,109)(H,95,116)(H,96,115)/t56-,57?,58?,59?,60?,61?,64+,65-,68+,74+,82?,83?/m0/s1. The van der Waals surface area contributed by atoms with Gasteiger partial charge < -0.3 is 83.7 Å². The lowest BCUT2D eigenvalue weighted by Crippen LogP contribution is -2.61. The van der Waals surface area contributed by atoms with Crippen LogP contribution in [0.25, 0.3) is 0 Å². The smallest absolute Gasteiger partial charge is 0.314 e. The molecule has 7 unspecified atom stereocenters. The molecule has 4 heterocycles. The molecular weight excluding hydrogens is 1720 g/mol. The summed E-state index contributed by atoms with van der Waals surface area (Å²) in [5, 5.41) is 15.6. The fraction of sp³-hybridized carbons (Fsp3) is 0.667. The van der Waals surface area contributed by atoms with E-state index in [2.05, 4.69) is 31.4 Å². The number of imide groups is 2. The molecule has 0 bridgehead atoms. The highest BCUT2D eigenvalue weighted by atomic mass is 32.1. The third kappa shape index (κ3) is 37.1. The van der Waals surface area contributed by atoms with Crippen molar-refractivity contribution in [1.82, 2.24) is 45.9 Å². The molecular formula is C90H135N11O28S. The fourth-order valence-electron chi connectivity index (χ4n) is 14.1. The third-order valence-corrected chi connectivity index (χ3v) is 23.5. The molecule has 724 valence electrons. The molecule has 10 amide bonds. The quantitative estimate of drug-likeness (QED) is 0.0178. The lowest BCUT2D eigenvalue weighted by Gasteiger charge is -2.38. The SMILES string of the molecule is CC[C@H](C)[C@H](CC(=O)C(C)(C)N(C)C)C(=O)N(C)[C@H](C[C@@H](OC(C)=O)c1nc(C(=O)N[C@@H](Cc2ccc3c(c2)NC(=O)C(C)CC(=O)C(C)NC(=O)CCOCCCC(=O)C(N2C(=O)C=CC2=O)C(N2C(=O)C=CC2=O)C(=O)CCCOCCC(=O)NC(C)C(=O)CC(C)C(=O)O3)CC(C)C(=O)NCCOCCOCCOCCOCCOCCOCCON)cs1)C(C)C. The van der Waals surface area contributed by atoms with Crippen LogP contribution in [0.1, 0.15) is 187 Å². The van der Waals surface area contributed by atoms with Gasteiger partial charge in [0.2, 0.25) is 29.5 Å². The van der Waals surface area contributed by atoms with E-state index in [1.54, 1.807) is 39.0 Å². The summed E-state index contributed by atoms with van der Waals surface area (Å²) in [5.74, 6) is -11.4. The van der Waals surface area contributed by atoms with Crippen molar-refractivity contribution < 1.29 is 134 Å². The van der Waals surface area contributed by atoms with Gasteiger partial charge in [-0.25, -0.2) is 10.9 Å². The minimum absolute atomic E-state index is 0.00479. The molecule has 3 aliphatic heterocycles. The predicted octanol–water partition coefficient (Wildman–Crippen LogP) is 4.21. The second kappa shape index (κ2) is 57.6. The van der Waals surface area contributed by atoms with E-state index in [1.165, 1.54) is 52.1 Å². The van der Waals surface area contributed by atoms with Crippen LogP contribution in [0.15, 0.2) is 47.9 Å². The second-order valence-electron chi connectivity index (χ2n) is 33.6. The highest BCUT2D eigenvalue weighted by Gasteiger charge is 2.50. The summed E-state index contributed by atoms with van der Waals surface area (Å²) < 4.78 is 56.4. The molecule has 39 nitrogen and oxygen atoms in total. The molecule has 3 aliphatic rings. The summed E-state index contributed by atoms with van der Waals surface area (Å²) >= 11 is 1.04. The number of thiazole rings is 1.